The smallest absolute Gasteiger partial charge is 0.261 e. The van der Waals surface area contributed by atoms with E-state index < -0.39 is 15.9 Å². The quantitative estimate of drug-likeness (QED) is 0.606. The van der Waals surface area contributed by atoms with Gasteiger partial charge in [0.15, 0.2) is 0 Å². The number of hydrogen-bond donors (Lipinski definition) is 2. The number of sulfonamides is 1. The highest BCUT2D eigenvalue weighted by Gasteiger charge is 2.17. The van der Waals surface area contributed by atoms with Gasteiger partial charge in [-0.2, -0.15) is 0 Å². The minimum absolute atomic E-state index is 0.0461. The number of nitrogens with one attached hydrogen (secondary N) is 2. The average Bonchev–Trinajstić information content (AvgIpc) is 2.63. The number of amides is 1. The molecule has 0 aliphatic carbocycles. The highest BCUT2D eigenvalue weighted by atomic mass is 35.5. The molecule has 8 heteroatoms. The number of carbonyl (C=O) groups excluding carboxylic acids is 1. The van der Waals surface area contributed by atoms with Crippen LogP contribution in [0.15, 0.2) is 77.7 Å². The summed E-state index contributed by atoms with van der Waals surface area (Å²) >= 11 is 12.0. The van der Waals surface area contributed by atoms with Crippen LogP contribution >= 0.6 is 23.2 Å². The van der Waals surface area contributed by atoms with Gasteiger partial charge in [0.2, 0.25) is 0 Å². The third-order valence-electron chi connectivity index (χ3n) is 3.61. The summed E-state index contributed by atoms with van der Waals surface area (Å²) in [6, 6.07) is 18.9. The van der Waals surface area contributed by atoms with Crippen LogP contribution in [0.25, 0.3) is 0 Å². The van der Waals surface area contributed by atoms with E-state index in [2.05, 4.69) is 10.0 Å². The van der Waals surface area contributed by atoms with Gasteiger partial charge in [-0.1, -0.05) is 47.5 Å². The van der Waals surface area contributed by atoms with Crippen molar-refractivity contribution in [3.8, 4) is 0 Å². The molecule has 0 bridgehead atoms. The van der Waals surface area contributed by atoms with E-state index in [1.165, 1.54) is 24.3 Å². The Kier molecular flexibility index (Phi) is 5.70. The highest BCUT2D eigenvalue weighted by molar-refractivity contribution is 7.92. The first-order valence-corrected chi connectivity index (χ1v) is 10.0. The van der Waals surface area contributed by atoms with Gasteiger partial charge in [0, 0.05) is 10.6 Å². The van der Waals surface area contributed by atoms with Gasteiger partial charge in [0.1, 0.15) is 0 Å². The molecule has 0 aliphatic rings. The molecule has 138 valence electrons. The Morgan fingerprint density at radius 2 is 1.59 bits per heavy atom. The SMILES string of the molecule is O=C(Nc1cc(S(=O)(=O)Nc2cccc(Cl)c2)ccc1Cl)c1ccccc1. The Labute approximate surface area is 167 Å². The fraction of sp³-hybridized carbons (Fsp3) is 0. The molecule has 3 aromatic rings. The largest absolute Gasteiger partial charge is 0.321 e. The van der Waals surface area contributed by atoms with Crippen molar-refractivity contribution >= 4 is 50.5 Å². The Balaban J connectivity index is 1.87. The van der Waals surface area contributed by atoms with Gasteiger partial charge in [-0.15, -0.1) is 0 Å². The van der Waals surface area contributed by atoms with Crippen molar-refractivity contribution in [2.75, 3.05) is 10.0 Å². The molecule has 2 N–H and O–H groups in total. The lowest BCUT2D eigenvalue weighted by Gasteiger charge is -2.12. The number of anilines is 2. The topological polar surface area (TPSA) is 75.3 Å². The summed E-state index contributed by atoms with van der Waals surface area (Å²) in [5.74, 6) is -0.394. The molecular formula is C19H14Cl2N2O3S. The zero-order valence-corrected chi connectivity index (χ0v) is 16.1. The van der Waals surface area contributed by atoms with E-state index in [9.17, 15) is 13.2 Å². The van der Waals surface area contributed by atoms with Crippen molar-refractivity contribution in [3.63, 3.8) is 0 Å². The molecule has 3 aromatic carbocycles. The van der Waals surface area contributed by atoms with Crippen LogP contribution in [-0.4, -0.2) is 14.3 Å². The Morgan fingerprint density at radius 3 is 2.30 bits per heavy atom. The van der Waals surface area contributed by atoms with Crippen molar-refractivity contribution in [2.45, 2.75) is 4.90 Å². The Bertz CT molecular complexity index is 1090. The van der Waals surface area contributed by atoms with Crippen LogP contribution in [0.4, 0.5) is 11.4 Å². The van der Waals surface area contributed by atoms with Crippen molar-refractivity contribution in [2.24, 2.45) is 0 Å². The van der Waals surface area contributed by atoms with Crippen LogP contribution in [0.2, 0.25) is 10.0 Å². The summed E-state index contributed by atoms with van der Waals surface area (Å²) in [7, 11) is -3.89. The van der Waals surface area contributed by atoms with Crippen LogP contribution in [-0.2, 0) is 10.0 Å². The van der Waals surface area contributed by atoms with Crippen LogP contribution < -0.4 is 10.0 Å². The number of halogens is 2. The van der Waals surface area contributed by atoms with Crippen LogP contribution in [0.3, 0.4) is 0 Å². The number of hydrogen-bond acceptors (Lipinski definition) is 3. The fourth-order valence-corrected chi connectivity index (χ4v) is 3.75. The number of rotatable bonds is 5. The summed E-state index contributed by atoms with van der Waals surface area (Å²) in [5.41, 5.74) is 0.950. The lowest BCUT2D eigenvalue weighted by molar-refractivity contribution is 0.102. The summed E-state index contributed by atoms with van der Waals surface area (Å²) in [6.45, 7) is 0. The monoisotopic (exact) mass is 420 g/mol. The lowest BCUT2D eigenvalue weighted by Crippen LogP contribution is -2.15. The van der Waals surface area contributed by atoms with E-state index >= 15 is 0 Å². The molecule has 5 nitrogen and oxygen atoms in total. The molecule has 0 unspecified atom stereocenters. The zero-order chi connectivity index (χ0) is 19.4. The van der Waals surface area contributed by atoms with E-state index in [0.717, 1.165) is 0 Å². The maximum absolute atomic E-state index is 12.6. The maximum atomic E-state index is 12.6. The van der Waals surface area contributed by atoms with Gasteiger partial charge in [0.25, 0.3) is 15.9 Å². The molecule has 0 saturated heterocycles. The molecule has 0 spiro atoms. The second kappa shape index (κ2) is 8.00. The summed E-state index contributed by atoms with van der Waals surface area (Å²) in [5, 5.41) is 3.26. The Hall–Kier alpha value is -2.54. The molecule has 0 aliphatic heterocycles. The van der Waals surface area contributed by atoms with E-state index in [1.807, 2.05) is 0 Å². The minimum atomic E-state index is -3.89. The van der Waals surface area contributed by atoms with Crippen LogP contribution in [0, 0.1) is 0 Å². The van der Waals surface area contributed by atoms with Crippen molar-refractivity contribution in [3.05, 3.63) is 88.4 Å². The van der Waals surface area contributed by atoms with Crippen molar-refractivity contribution in [1.29, 1.82) is 0 Å². The van der Waals surface area contributed by atoms with E-state index in [0.29, 0.717) is 16.3 Å². The molecule has 0 atom stereocenters. The molecule has 27 heavy (non-hydrogen) atoms. The first-order valence-electron chi connectivity index (χ1n) is 7.79. The predicted octanol–water partition coefficient (Wildman–Crippen LogP) is 5.05. The molecule has 0 fully saturated rings. The number of carbonyl (C=O) groups is 1. The molecule has 0 saturated carbocycles. The summed E-state index contributed by atoms with van der Waals surface area (Å²) < 4.78 is 27.7. The summed E-state index contributed by atoms with van der Waals surface area (Å²) in [6.07, 6.45) is 0. The fourth-order valence-electron chi connectivity index (χ4n) is 2.32. The molecule has 0 aromatic heterocycles. The maximum Gasteiger partial charge on any atom is 0.261 e. The first kappa shape index (κ1) is 19.2. The lowest BCUT2D eigenvalue weighted by atomic mass is 10.2. The molecule has 1 amide bonds. The predicted molar refractivity (Wildman–Crippen MR) is 108 cm³/mol. The van der Waals surface area contributed by atoms with Crippen molar-refractivity contribution < 1.29 is 13.2 Å². The summed E-state index contributed by atoms with van der Waals surface area (Å²) in [4.78, 5) is 12.3. The molecule has 0 radical (unpaired) electrons. The Morgan fingerprint density at radius 1 is 0.852 bits per heavy atom. The minimum Gasteiger partial charge on any atom is -0.321 e. The second-order valence-electron chi connectivity index (χ2n) is 5.58. The van der Waals surface area contributed by atoms with Gasteiger partial charge in [-0.3, -0.25) is 9.52 Å². The number of benzene rings is 3. The second-order valence-corrected chi connectivity index (χ2v) is 8.10. The highest BCUT2D eigenvalue weighted by Crippen LogP contribution is 2.27. The van der Waals surface area contributed by atoms with E-state index in [1.54, 1.807) is 48.5 Å². The average molecular weight is 421 g/mol. The van der Waals surface area contributed by atoms with Crippen LogP contribution in [0.1, 0.15) is 10.4 Å². The van der Waals surface area contributed by atoms with Gasteiger partial charge >= 0.3 is 0 Å². The van der Waals surface area contributed by atoms with E-state index in [-0.39, 0.29) is 15.6 Å². The van der Waals surface area contributed by atoms with Crippen molar-refractivity contribution in [1.82, 2.24) is 0 Å². The zero-order valence-electron chi connectivity index (χ0n) is 13.8. The third-order valence-corrected chi connectivity index (χ3v) is 5.55. The molecule has 3 rings (SSSR count). The molecular weight excluding hydrogens is 407 g/mol. The third kappa shape index (κ3) is 4.80. The van der Waals surface area contributed by atoms with Gasteiger partial charge in [-0.05, 0) is 48.5 Å². The van der Waals surface area contributed by atoms with Gasteiger partial charge in [0.05, 0.1) is 21.3 Å². The van der Waals surface area contributed by atoms with E-state index in [4.69, 9.17) is 23.2 Å². The normalized spacial score (nSPS) is 11.0. The van der Waals surface area contributed by atoms with Gasteiger partial charge < -0.3 is 5.32 Å². The first-order chi connectivity index (χ1) is 12.8. The molecule has 0 heterocycles. The van der Waals surface area contributed by atoms with Gasteiger partial charge in [-0.25, -0.2) is 8.42 Å². The van der Waals surface area contributed by atoms with Crippen LogP contribution in [0.5, 0.6) is 0 Å². The standard InChI is InChI=1S/C19H14Cl2N2O3S/c20-14-7-4-8-15(11-14)23-27(25,26)16-9-10-17(21)18(12-16)22-19(24)13-5-2-1-3-6-13/h1-12,23H,(H,22,24).